The van der Waals surface area contributed by atoms with Crippen LogP contribution in [-0.4, -0.2) is 51.3 Å². The smallest absolute Gasteiger partial charge is 0.0593 e. The van der Waals surface area contributed by atoms with Gasteiger partial charge >= 0.3 is 0 Å². The fraction of sp³-hybridized carbons (Fsp3) is 1.00. The Balaban J connectivity index is 2.04. The maximum atomic E-state index is 5.37. The highest BCUT2D eigenvalue weighted by Gasteiger charge is 2.07. The van der Waals surface area contributed by atoms with Gasteiger partial charge in [0, 0.05) is 19.7 Å². The fourth-order valence-corrected chi connectivity index (χ4v) is 1.50. The van der Waals surface area contributed by atoms with Crippen LogP contribution in [0.5, 0.6) is 0 Å². The Bertz CT molecular complexity index is 101. The molecule has 0 aromatic carbocycles. The van der Waals surface area contributed by atoms with E-state index in [0.29, 0.717) is 0 Å². The normalized spacial score (nSPS) is 20.8. The Morgan fingerprint density at radius 2 is 2.25 bits per heavy atom. The van der Waals surface area contributed by atoms with Crippen LogP contribution in [-0.2, 0) is 4.74 Å². The van der Waals surface area contributed by atoms with Crippen molar-refractivity contribution in [3.8, 4) is 0 Å². The average Bonchev–Trinajstić information content (AvgIpc) is 2.33. The molecule has 0 amide bonds. The van der Waals surface area contributed by atoms with Crippen molar-refractivity contribution in [2.24, 2.45) is 0 Å². The van der Waals surface area contributed by atoms with Crippen LogP contribution in [0.2, 0.25) is 0 Å². The Morgan fingerprint density at radius 3 is 3.08 bits per heavy atom. The molecule has 0 bridgehead atoms. The first-order valence-electron chi connectivity index (χ1n) is 4.88. The summed E-state index contributed by atoms with van der Waals surface area (Å²) in [4.78, 5) is 2.49. The van der Waals surface area contributed by atoms with E-state index in [9.17, 15) is 0 Å². The van der Waals surface area contributed by atoms with Crippen molar-refractivity contribution in [3.05, 3.63) is 0 Å². The Kier molecular flexibility index (Phi) is 5.32. The van der Waals surface area contributed by atoms with Crippen molar-refractivity contribution in [2.75, 3.05) is 46.4 Å². The van der Waals surface area contributed by atoms with E-state index in [1.165, 1.54) is 25.9 Å². The molecule has 0 saturated carbocycles. The highest BCUT2D eigenvalue weighted by Crippen LogP contribution is 1.99. The summed E-state index contributed by atoms with van der Waals surface area (Å²) in [6.45, 7) is 6.52. The molecule has 0 aliphatic carbocycles. The molecular weight excluding hydrogens is 152 g/mol. The van der Waals surface area contributed by atoms with Gasteiger partial charge in [0.1, 0.15) is 0 Å². The highest BCUT2D eigenvalue weighted by molar-refractivity contribution is 4.61. The van der Waals surface area contributed by atoms with E-state index < -0.39 is 0 Å². The van der Waals surface area contributed by atoms with Crippen molar-refractivity contribution in [2.45, 2.75) is 12.8 Å². The first kappa shape index (κ1) is 9.96. The monoisotopic (exact) mass is 172 g/mol. The molecule has 1 fully saturated rings. The molecule has 0 radical (unpaired) electrons. The van der Waals surface area contributed by atoms with E-state index in [-0.39, 0.29) is 0 Å². The zero-order chi connectivity index (χ0) is 8.65. The summed E-state index contributed by atoms with van der Waals surface area (Å²) in [5.74, 6) is 0. The van der Waals surface area contributed by atoms with Crippen molar-refractivity contribution in [1.82, 2.24) is 10.2 Å². The number of hydrogen-bond donors (Lipinski definition) is 1. The van der Waals surface area contributed by atoms with Crippen molar-refractivity contribution in [1.29, 1.82) is 0 Å². The second-order valence-corrected chi connectivity index (χ2v) is 3.26. The zero-order valence-corrected chi connectivity index (χ0v) is 8.01. The standard InChI is InChI=1S/C9H20N2O/c1-10-4-2-5-11-6-3-8-12-9-7-11/h10H,2-9H2,1H3. The summed E-state index contributed by atoms with van der Waals surface area (Å²) in [7, 11) is 2.01. The number of rotatable bonds is 4. The van der Waals surface area contributed by atoms with Crippen molar-refractivity contribution >= 4 is 0 Å². The van der Waals surface area contributed by atoms with Crippen LogP contribution >= 0.6 is 0 Å². The molecule has 3 nitrogen and oxygen atoms in total. The number of nitrogens with zero attached hydrogens (tertiary/aromatic N) is 1. The van der Waals surface area contributed by atoms with Crippen LogP contribution in [0.25, 0.3) is 0 Å². The van der Waals surface area contributed by atoms with Crippen molar-refractivity contribution < 1.29 is 4.74 Å². The molecule has 12 heavy (non-hydrogen) atoms. The van der Waals surface area contributed by atoms with Gasteiger partial charge < -0.3 is 15.0 Å². The molecule has 72 valence electrons. The molecule has 1 saturated heterocycles. The predicted octanol–water partition coefficient (Wildman–Crippen LogP) is 0.318. The second kappa shape index (κ2) is 6.40. The molecule has 3 heteroatoms. The first-order valence-corrected chi connectivity index (χ1v) is 4.88. The second-order valence-electron chi connectivity index (χ2n) is 3.26. The number of nitrogens with one attached hydrogen (secondary N) is 1. The van der Waals surface area contributed by atoms with Gasteiger partial charge in [0.05, 0.1) is 6.61 Å². The lowest BCUT2D eigenvalue weighted by atomic mass is 10.3. The Morgan fingerprint density at radius 1 is 1.33 bits per heavy atom. The molecule has 0 unspecified atom stereocenters. The molecule has 1 heterocycles. The first-order chi connectivity index (χ1) is 5.93. The maximum absolute atomic E-state index is 5.37. The summed E-state index contributed by atoms with van der Waals surface area (Å²) < 4.78 is 5.37. The van der Waals surface area contributed by atoms with E-state index in [2.05, 4.69) is 10.2 Å². The SMILES string of the molecule is CNCCCN1CCCOCC1. The highest BCUT2D eigenvalue weighted by atomic mass is 16.5. The summed E-state index contributed by atoms with van der Waals surface area (Å²) in [5.41, 5.74) is 0. The number of hydrogen-bond acceptors (Lipinski definition) is 3. The topological polar surface area (TPSA) is 24.5 Å². The molecule has 1 aliphatic heterocycles. The van der Waals surface area contributed by atoms with E-state index in [1.807, 2.05) is 7.05 Å². The Hall–Kier alpha value is -0.120. The van der Waals surface area contributed by atoms with Crippen molar-refractivity contribution in [3.63, 3.8) is 0 Å². The summed E-state index contributed by atoms with van der Waals surface area (Å²) >= 11 is 0. The largest absolute Gasteiger partial charge is 0.380 e. The van der Waals surface area contributed by atoms with Gasteiger partial charge in [0.2, 0.25) is 0 Å². The summed E-state index contributed by atoms with van der Waals surface area (Å²) in [5, 5.41) is 3.16. The van der Waals surface area contributed by atoms with Crippen LogP contribution < -0.4 is 5.32 Å². The van der Waals surface area contributed by atoms with Crippen LogP contribution in [0.1, 0.15) is 12.8 Å². The Labute approximate surface area is 75.1 Å². The lowest BCUT2D eigenvalue weighted by Crippen LogP contribution is -2.29. The van der Waals surface area contributed by atoms with Crippen LogP contribution in [0, 0.1) is 0 Å². The molecule has 0 aromatic rings. The average molecular weight is 172 g/mol. The summed E-state index contributed by atoms with van der Waals surface area (Å²) in [6.07, 6.45) is 2.44. The van der Waals surface area contributed by atoms with Crippen LogP contribution in [0.4, 0.5) is 0 Å². The van der Waals surface area contributed by atoms with Gasteiger partial charge in [-0.2, -0.15) is 0 Å². The minimum atomic E-state index is 0.916. The number of ether oxygens (including phenoxy) is 1. The minimum absolute atomic E-state index is 0.916. The molecule has 1 N–H and O–H groups in total. The van der Waals surface area contributed by atoms with E-state index in [4.69, 9.17) is 4.74 Å². The van der Waals surface area contributed by atoms with Gasteiger partial charge in [0.15, 0.2) is 0 Å². The van der Waals surface area contributed by atoms with Gasteiger partial charge in [-0.05, 0) is 33.0 Å². The van der Waals surface area contributed by atoms with Crippen LogP contribution in [0.15, 0.2) is 0 Å². The fourth-order valence-electron chi connectivity index (χ4n) is 1.50. The van der Waals surface area contributed by atoms with Gasteiger partial charge in [-0.3, -0.25) is 0 Å². The quantitative estimate of drug-likeness (QED) is 0.618. The molecule has 0 aromatic heterocycles. The van der Waals surface area contributed by atoms with E-state index in [0.717, 1.165) is 26.3 Å². The third kappa shape index (κ3) is 4.04. The maximum Gasteiger partial charge on any atom is 0.0593 e. The molecule has 1 rings (SSSR count). The van der Waals surface area contributed by atoms with Gasteiger partial charge in [-0.15, -0.1) is 0 Å². The van der Waals surface area contributed by atoms with Gasteiger partial charge in [-0.25, -0.2) is 0 Å². The molecule has 0 atom stereocenters. The zero-order valence-electron chi connectivity index (χ0n) is 8.01. The molecule has 0 spiro atoms. The minimum Gasteiger partial charge on any atom is -0.380 e. The summed E-state index contributed by atoms with van der Waals surface area (Å²) in [6, 6.07) is 0. The van der Waals surface area contributed by atoms with E-state index >= 15 is 0 Å². The molecular formula is C9H20N2O. The molecule has 1 aliphatic rings. The lowest BCUT2D eigenvalue weighted by molar-refractivity contribution is 0.141. The van der Waals surface area contributed by atoms with E-state index in [1.54, 1.807) is 0 Å². The van der Waals surface area contributed by atoms with Gasteiger partial charge in [0.25, 0.3) is 0 Å². The lowest BCUT2D eigenvalue weighted by Gasteiger charge is -2.18. The third-order valence-electron chi connectivity index (χ3n) is 2.22. The third-order valence-corrected chi connectivity index (χ3v) is 2.22. The van der Waals surface area contributed by atoms with Gasteiger partial charge in [-0.1, -0.05) is 0 Å². The predicted molar refractivity (Wildman–Crippen MR) is 50.4 cm³/mol. The van der Waals surface area contributed by atoms with Crippen LogP contribution in [0.3, 0.4) is 0 Å².